The molecule has 0 aliphatic carbocycles. The van der Waals surface area contributed by atoms with E-state index in [9.17, 15) is 4.39 Å². The smallest absolute Gasteiger partial charge is 0.253 e. The van der Waals surface area contributed by atoms with Crippen molar-refractivity contribution >= 4 is 0 Å². The lowest BCUT2D eigenvalue weighted by molar-refractivity contribution is 0.255. The van der Waals surface area contributed by atoms with Crippen molar-refractivity contribution in [3.63, 3.8) is 0 Å². The molecule has 1 aromatic carbocycles. The summed E-state index contributed by atoms with van der Waals surface area (Å²) < 4.78 is 24.1. The highest BCUT2D eigenvalue weighted by molar-refractivity contribution is 5.36. The summed E-state index contributed by atoms with van der Waals surface area (Å²) in [6.07, 6.45) is 0. The third-order valence-electron chi connectivity index (χ3n) is 2.79. The quantitative estimate of drug-likeness (QED) is 0.899. The van der Waals surface area contributed by atoms with Gasteiger partial charge in [-0.2, -0.15) is 0 Å². The van der Waals surface area contributed by atoms with Crippen LogP contribution in [0.1, 0.15) is 30.3 Å². The van der Waals surface area contributed by atoms with Crippen molar-refractivity contribution in [2.45, 2.75) is 26.5 Å². The third kappa shape index (κ3) is 3.29. The highest BCUT2D eigenvalue weighted by atomic mass is 19.1. The minimum atomic E-state index is -0.344. The molecular weight excluding hydrogens is 249 g/mol. The molecule has 0 radical (unpaired) electrons. The molecule has 0 aliphatic heterocycles. The van der Waals surface area contributed by atoms with Crippen LogP contribution >= 0.6 is 0 Å². The Morgan fingerprint density at radius 1 is 1.42 bits per heavy atom. The standard InChI is InChI=1S/C13H16FN3O2/c1-8(15-3)11-5-4-10(14)6-12(11)18-7-13-17-16-9(2)19-13/h4-6,8,15H,7H2,1-3H3. The average Bonchev–Trinajstić information content (AvgIpc) is 2.81. The summed E-state index contributed by atoms with van der Waals surface area (Å²) >= 11 is 0. The number of benzene rings is 1. The molecule has 102 valence electrons. The Hall–Kier alpha value is -1.95. The van der Waals surface area contributed by atoms with E-state index in [0.717, 1.165) is 5.56 Å². The van der Waals surface area contributed by atoms with Crippen molar-refractivity contribution in [3.8, 4) is 5.75 Å². The molecular formula is C13H16FN3O2. The predicted octanol–water partition coefficient (Wildman–Crippen LogP) is 2.38. The van der Waals surface area contributed by atoms with Crippen molar-refractivity contribution in [3.05, 3.63) is 41.4 Å². The zero-order valence-corrected chi connectivity index (χ0v) is 11.1. The van der Waals surface area contributed by atoms with Gasteiger partial charge in [0.1, 0.15) is 11.6 Å². The van der Waals surface area contributed by atoms with Crippen LogP contribution in [-0.4, -0.2) is 17.2 Å². The summed E-state index contributed by atoms with van der Waals surface area (Å²) in [6, 6.07) is 4.52. The fourth-order valence-corrected chi connectivity index (χ4v) is 1.68. The van der Waals surface area contributed by atoms with Crippen LogP contribution in [0.15, 0.2) is 22.6 Å². The molecule has 0 aliphatic rings. The van der Waals surface area contributed by atoms with Crippen LogP contribution < -0.4 is 10.1 Å². The number of hydrogen-bond acceptors (Lipinski definition) is 5. The predicted molar refractivity (Wildman–Crippen MR) is 67.2 cm³/mol. The van der Waals surface area contributed by atoms with Gasteiger partial charge in [-0.05, 0) is 20.0 Å². The van der Waals surface area contributed by atoms with Crippen LogP contribution in [0.2, 0.25) is 0 Å². The molecule has 1 heterocycles. The number of ether oxygens (including phenoxy) is 1. The maximum atomic E-state index is 13.3. The number of nitrogens with one attached hydrogen (secondary N) is 1. The molecule has 2 rings (SSSR count). The molecule has 19 heavy (non-hydrogen) atoms. The van der Waals surface area contributed by atoms with Crippen molar-refractivity contribution in [1.82, 2.24) is 15.5 Å². The second-order valence-electron chi connectivity index (χ2n) is 4.20. The van der Waals surface area contributed by atoms with Crippen molar-refractivity contribution in [2.24, 2.45) is 0 Å². The molecule has 0 saturated heterocycles. The minimum absolute atomic E-state index is 0.0556. The zero-order chi connectivity index (χ0) is 13.8. The van der Waals surface area contributed by atoms with Gasteiger partial charge >= 0.3 is 0 Å². The van der Waals surface area contributed by atoms with Gasteiger partial charge in [0.15, 0.2) is 6.61 Å². The van der Waals surface area contributed by atoms with E-state index in [4.69, 9.17) is 9.15 Å². The Labute approximate surface area is 110 Å². The van der Waals surface area contributed by atoms with E-state index in [0.29, 0.717) is 17.5 Å². The van der Waals surface area contributed by atoms with E-state index in [-0.39, 0.29) is 18.5 Å². The van der Waals surface area contributed by atoms with Crippen molar-refractivity contribution < 1.29 is 13.5 Å². The number of nitrogens with zero attached hydrogens (tertiary/aromatic N) is 2. The Balaban J connectivity index is 2.16. The van der Waals surface area contributed by atoms with E-state index in [1.165, 1.54) is 12.1 Å². The number of hydrogen-bond donors (Lipinski definition) is 1. The van der Waals surface area contributed by atoms with Crippen LogP contribution in [0, 0.1) is 12.7 Å². The second-order valence-corrected chi connectivity index (χ2v) is 4.20. The van der Waals surface area contributed by atoms with Gasteiger partial charge in [0, 0.05) is 24.6 Å². The van der Waals surface area contributed by atoms with Crippen molar-refractivity contribution in [2.75, 3.05) is 7.05 Å². The van der Waals surface area contributed by atoms with E-state index in [1.807, 2.05) is 14.0 Å². The maximum Gasteiger partial charge on any atom is 0.253 e. The van der Waals surface area contributed by atoms with Gasteiger partial charge in [-0.3, -0.25) is 0 Å². The summed E-state index contributed by atoms with van der Waals surface area (Å²) in [5.74, 6) is 0.966. The molecule has 1 atom stereocenters. The van der Waals surface area contributed by atoms with Crippen LogP contribution in [0.25, 0.3) is 0 Å². The van der Waals surface area contributed by atoms with Crippen LogP contribution in [0.5, 0.6) is 5.75 Å². The molecule has 6 heteroatoms. The second kappa shape index (κ2) is 5.79. The molecule has 1 N–H and O–H groups in total. The summed E-state index contributed by atoms with van der Waals surface area (Å²) in [5, 5.41) is 10.6. The normalized spacial score (nSPS) is 12.4. The minimum Gasteiger partial charge on any atom is -0.483 e. The first-order chi connectivity index (χ1) is 9.10. The summed E-state index contributed by atoms with van der Waals surface area (Å²) in [6.45, 7) is 3.79. The molecule has 1 unspecified atom stereocenters. The molecule has 0 bridgehead atoms. The lowest BCUT2D eigenvalue weighted by atomic mass is 10.1. The molecule has 0 amide bonds. The lowest BCUT2D eigenvalue weighted by Gasteiger charge is -2.15. The zero-order valence-electron chi connectivity index (χ0n) is 11.1. The molecule has 0 saturated carbocycles. The van der Waals surface area contributed by atoms with Crippen LogP contribution in [0.3, 0.4) is 0 Å². The van der Waals surface area contributed by atoms with Crippen molar-refractivity contribution in [1.29, 1.82) is 0 Å². The van der Waals surface area contributed by atoms with E-state index in [1.54, 1.807) is 13.0 Å². The molecule has 1 aromatic heterocycles. The topological polar surface area (TPSA) is 60.2 Å². The van der Waals surface area contributed by atoms with Gasteiger partial charge in [-0.25, -0.2) is 4.39 Å². The first kappa shape index (κ1) is 13.5. The van der Waals surface area contributed by atoms with Gasteiger partial charge in [-0.15, -0.1) is 10.2 Å². The monoisotopic (exact) mass is 265 g/mol. The fourth-order valence-electron chi connectivity index (χ4n) is 1.68. The van der Waals surface area contributed by atoms with Gasteiger partial charge < -0.3 is 14.5 Å². The number of rotatable bonds is 5. The molecule has 0 fully saturated rings. The van der Waals surface area contributed by atoms with E-state index < -0.39 is 0 Å². The highest BCUT2D eigenvalue weighted by Crippen LogP contribution is 2.26. The van der Waals surface area contributed by atoms with E-state index >= 15 is 0 Å². The van der Waals surface area contributed by atoms with Gasteiger partial charge in [0.25, 0.3) is 5.89 Å². The Morgan fingerprint density at radius 3 is 2.84 bits per heavy atom. The maximum absolute atomic E-state index is 13.3. The summed E-state index contributed by atoms with van der Waals surface area (Å²) in [7, 11) is 1.83. The number of aromatic nitrogens is 2. The van der Waals surface area contributed by atoms with Gasteiger partial charge in [0.05, 0.1) is 0 Å². The average molecular weight is 265 g/mol. The van der Waals surface area contributed by atoms with Crippen LogP contribution in [-0.2, 0) is 6.61 Å². The molecule has 0 spiro atoms. The van der Waals surface area contributed by atoms with Crippen LogP contribution in [0.4, 0.5) is 4.39 Å². The molecule has 5 nitrogen and oxygen atoms in total. The Bertz CT molecular complexity index is 557. The largest absolute Gasteiger partial charge is 0.483 e. The number of aryl methyl sites for hydroxylation is 1. The van der Waals surface area contributed by atoms with E-state index in [2.05, 4.69) is 15.5 Å². The lowest BCUT2D eigenvalue weighted by Crippen LogP contribution is -2.14. The Kier molecular flexibility index (Phi) is 4.11. The summed E-state index contributed by atoms with van der Waals surface area (Å²) in [4.78, 5) is 0. The SMILES string of the molecule is CNC(C)c1ccc(F)cc1OCc1nnc(C)o1. The Morgan fingerprint density at radius 2 is 2.21 bits per heavy atom. The number of halogens is 1. The van der Waals surface area contributed by atoms with Gasteiger partial charge in [0.2, 0.25) is 5.89 Å². The first-order valence-electron chi connectivity index (χ1n) is 5.98. The molecule has 2 aromatic rings. The summed E-state index contributed by atoms with van der Waals surface area (Å²) in [5.41, 5.74) is 0.875. The first-order valence-corrected chi connectivity index (χ1v) is 5.98. The fraction of sp³-hybridized carbons (Fsp3) is 0.385. The highest BCUT2D eigenvalue weighted by Gasteiger charge is 2.12. The van der Waals surface area contributed by atoms with Gasteiger partial charge in [-0.1, -0.05) is 6.07 Å². The third-order valence-corrected chi connectivity index (χ3v) is 2.79.